The molecule has 0 fully saturated rings. The maximum Gasteiger partial charge on any atom is -0.0175 e. The van der Waals surface area contributed by atoms with Gasteiger partial charge in [0.05, 0.1) is 0 Å². The lowest BCUT2D eigenvalue weighted by Crippen LogP contribution is -2.17. The molecule has 0 aliphatic heterocycles. The summed E-state index contributed by atoms with van der Waals surface area (Å²) >= 11 is 0. The van der Waals surface area contributed by atoms with Gasteiger partial charge in [-0.1, -0.05) is 6.92 Å². The van der Waals surface area contributed by atoms with E-state index in [2.05, 4.69) is 42.8 Å². The molecule has 0 amide bonds. The van der Waals surface area contributed by atoms with E-state index in [0.717, 1.165) is 0 Å². The summed E-state index contributed by atoms with van der Waals surface area (Å²) in [5.41, 5.74) is 0. The monoisotopic (exact) mass is 252 g/mol. The first-order valence-corrected chi connectivity index (χ1v) is 10.8. The van der Waals surface area contributed by atoms with Crippen molar-refractivity contribution < 1.29 is 0 Å². The fourth-order valence-corrected chi connectivity index (χ4v) is 3.74. The van der Waals surface area contributed by atoms with Crippen LogP contribution < -0.4 is 0 Å². The van der Waals surface area contributed by atoms with Crippen molar-refractivity contribution in [3.63, 3.8) is 0 Å². The first kappa shape index (κ1) is 15.3. The highest BCUT2D eigenvalue weighted by molar-refractivity contribution is 7.56. The Morgan fingerprint density at radius 2 is 1.43 bits per heavy atom. The fourth-order valence-electron chi connectivity index (χ4n) is 1.40. The molecule has 0 nitrogen and oxygen atoms in total. The molecule has 0 rings (SSSR count). The van der Waals surface area contributed by atoms with E-state index in [1.54, 1.807) is 0 Å². The van der Waals surface area contributed by atoms with Crippen molar-refractivity contribution in [3.8, 4) is 0 Å². The standard InChI is InChI=1S/C11H27P3/c1-11(12,8-10-14(4)5)7-6-9-13(2)3/h6-10,12H2,1-5H3. The minimum Gasteiger partial charge on any atom is -0.131 e. The van der Waals surface area contributed by atoms with Crippen LogP contribution in [-0.4, -0.2) is 44.1 Å². The van der Waals surface area contributed by atoms with Crippen molar-refractivity contribution in [1.29, 1.82) is 0 Å². The van der Waals surface area contributed by atoms with Crippen LogP contribution in [0.4, 0.5) is 0 Å². The van der Waals surface area contributed by atoms with Gasteiger partial charge in [-0.25, -0.2) is 0 Å². The van der Waals surface area contributed by atoms with Gasteiger partial charge in [-0.2, -0.15) is 0 Å². The van der Waals surface area contributed by atoms with E-state index in [0.29, 0.717) is 21.0 Å². The Morgan fingerprint density at radius 3 is 1.86 bits per heavy atom. The van der Waals surface area contributed by atoms with E-state index >= 15 is 0 Å². The van der Waals surface area contributed by atoms with Crippen molar-refractivity contribution in [1.82, 2.24) is 0 Å². The molecule has 2 unspecified atom stereocenters. The summed E-state index contributed by atoms with van der Waals surface area (Å²) in [5.74, 6) is 0. The lowest BCUT2D eigenvalue weighted by atomic mass is 10.0. The Morgan fingerprint density at radius 1 is 0.929 bits per heavy atom. The highest BCUT2D eigenvalue weighted by Crippen LogP contribution is 2.36. The largest absolute Gasteiger partial charge is 0.131 e. The van der Waals surface area contributed by atoms with Gasteiger partial charge in [-0.3, -0.25) is 0 Å². The second-order valence-corrected chi connectivity index (χ2v) is 11.7. The molecule has 0 aliphatic carbocycles. The predicted octanol–water partition coefficient (Wildman–Crippen LogP) is 4.27. The Balaban J connectivity index is 3.61. The summed E-state index contributed by atoms with van der Waals surface area (Å²) in [6, 6.07) is 0. The van der Waals surface area contributed by atoms with E-state index in [9.17, 15) is 0 Å². The molecule has 86 valence electrons. The summed E-state index contributed by atoms with van der Waals surface area (Å²) in [6.07, 6.45) is 7.09. The third-order valence-electron chi connectivity index (χ3n) is 2.48. The molecule has 0 aliphatic rings. The molecule has 0 aromatic heterocycles. The van der Waals surface area contributed by atoms with Gasteiger partial charge in [0.1, 0.15) is 0 Å². The summed E-state index contributed by atoms with van der Waals surface area (Å²) in [5, 5.41) is 0.512. The quantitative estimate of drug-likeness (QED) is 0.593. The Hall–Kier alpha value is 1.29. The first-order chi connectivity index (χ1) is 6.33. The number of rotatable bonds is 7. The maximum atomic E-state index is 3.08. The third kappa shape index (κ3) is 9.83. The smallest absolute Gasteiger partial charge is 0.0175 e. The fraction of sp³-hybridized carbons (Fsp3) is 1.00. The van der Waals surface area contributed by atoms with Gasteiger partial charge >= 0.3 is 0 Å². The number of hydrogen-bond acceptors (Lipinski definition) is 0. The highest BCUT2D eigenvalue weighted by atomic mass is 31.1. The normalized spacial score (nSPS) is 16.3. The highest BCUT2D eigenvalue weighted by Gasteiger charge is 2.17. The van der Waals surface area contributed by atoms with Crippen molar-refractivity contribution in [2.24, 2.45) is 0 Å². The van der Waals surface area contributed by atoms with Gasteiger partial charge in [0.15, 0.2) is 0 Å². The second kappa shape index (κ2) is 7.54. The van der Waals surface area contributed by atoms with Crippen LogP contribution in [0.25, 0.3) is 0 Å². The molecule has 2 atom stereocenters. The SMILES string of the molecule is CP(C)CCCC(C)(P)CCP(C)C. The van der Waals surface area contributed by atoms with Gasteiger partial charge in [0.2, 0.25) is 0 Å². The lowest BCUT2D eigenvalue weighted by molar-refractivity contribution is 0.564. The van der Waals surface area contributed by atoms with Crippen molar-refractivity contribution in [2.45, 2.75) is 31.3 Å². The van der Waals surface area contributed by atoms with Crippen molar-refractivity contribution in [3.05, 3.63) is 0 Å². The lowest BCUT2D eigenvalue weighted by Gasteiger charge is -2.25. The van der Waals surface area contributed by atoms with Crippen LogP contribution in [0.15, 0.2) is 0 Å². The van der Waals surface area contributed by atoms with Crippen LogP contribution in [0, 0.1) is 0 Å². The Labute approximate surface area is 95.7 Å². The second-order valence-electron chi connectivity index (χ2n) is 5.11. The zero-order valence-corrected chi connectivity index (χ0v) is 13.5. The molecular formula is C11H27P3. The molecule has 0 saturated heterocycles. The van der Waals surface area contributed by atoms with Gasteiger partial charge in [-0.15, -0.1) is 25.1 Å². The third-order valence-corrected chi connectivity index (χ3v) is 5.39. The molecule has 0 spiro atoms. The molecule has 14 heavy (non-hydrogen) atoms. The van der Waals surface area contributed by atoms with Crippen LogP contribution >= 0.6 is 25.1 Å². The van der Waals surface area contributed by atoms with E-state index in [4.69, 9.17) is 0 Å². The molecule has 0 aromatic carbocycles. The molecule has 0 heterocycles. The van der Waals surface area contributed by atoms with Crippen LogP contribution in [0.1, 0.15) is 26.2 Å². The van der Waals surface area contributed by atoms with E-state index < -0.39 is 0 Å². The summed E-state index contributed by atoms with van der Waals surface area (Å²) in [4.78, 5) is 0. The van der Waals surface area contributed by atoms with Crippen LogP contribution in [-0.2, 0) is 0 Å². The molecule has 0 aromatic rings. The average Bonchev–Trinajstić information content (AvgIpc) is 2.00. The minimum atomic E-state index is 0.298. The summed E-state index contributed by atoms with van der Waals surface area (Å²) in [7, 11) is 3.70. The van der Waals surface area contributed by atoms with Crippen LogP contribution in [0.5, 0.6) is 0 Å². The summed E-state index contributed by atoms with van der Waals surface area (Å²) < 4.78 is 0. The topological polar surface area (TPSA) is 0 Å². The van der Waals surface area contributed by atoms with E-state index in [1.165, 1.54) is 31.6 Å². The summed E-state index contributed by atoms with van der Waals surface area (Å²) in [6.45, 7) is 11.9. The molecule has 0 saturated carbocycles. The van der Waals surface area contributed by atoms with E-state index in [-0.39, 0.29) is 0 Å². The molecule has 3 heteroatoms. The van der Waals surface area contributed by atoms with Gasteiger partial charge < -0.3 is 0 Å². The molecular weight excluding hydrogens is 225 g/mol. The van der Waals surface area contributed by atoms with Crippen LogP contribution in [0.3, 0.4) is 0 Å². The Bertz CT molecular complexity index is 141. The zero-order chi connectivity index (χ0) is 11.2. The average molecular weight is 252 g/mol. The van der Waals surface area contributed by atoms with Crippen molar-refractivity contribution in [2.75, 3.05) is 39.0 Å². The van der Waals surface area contributed by atoms with Crippen molar-refractivity contribution >= 4 is 25.1 Å². The van der Waals surface area contributed by atoms with Gasteiger partial charge in [-0.05, 0) is 63.4 Å². The maximum absolute atomic E-state index is 3.08. The van der Waals surface area contributed by atoms with Crippen LogP contribution in [0.2, 0.25) is 0 Å². The number of hydrogen-bond donors (Lipinski definition) is 0. The minimum absolute atomic E-state index is 0.298. The van der Waals surface area contributed by atoms with E-state index in [1.807, 2.05) is 0 Å². The van der Waals surface area contributed by atoms with Gasteiger partial charge in [0.25, 0.3) is 0 Å². The molecule has 0 N–H and O–H groups in total. The first-order valence-electron chi connectivity index (χ1n) is 5.42. The zero-order valence-electron chi connectivity index (χ0n) is 10.5. The molecule has 0 bridgehead atoms. The van der Waals surface area contributed by atoms with Gasteiger partial charge in [0, 0.05) is 0 Å². The Kier molecular flexibility index (Phi) is 8.24. The predicted molar refractivity (Wildman–Crippen MR) is 79.2 cm³/mol. The molecule has 0 radical (unpaired) electrons.